The van der Waals surface area contributed by atoms with Gasteiger partial charge in [-0.05, 0) is 59.7 Å². The Morgan fingerprint density at radius 3 is 1.22 bits per heavy atom. The van der Waals surface area contributed by atoms with Gasteiger partial charge in [-0.3, -0.25) is 9.97 Å². The maximum atomic E-state index is 8.87. The van der Waals surface area contributed by atoms with E-state index in [0.717, 1.165) is 33.6 Å². The number of aromatic nitrogens is 2. The summed E-state index contributed by atoms with van der Waals surface area (Å²) in [5, 5.41) is 17.7. The molecule has 0 N–H and O–H groups in total. The molecule has 0 saturated carbocycles. The Bertz CT molecular complexity index is 1220. The topological polar surface area (TPSA) is 73.4 Å². The molecule has 2 heterocycles. The molecule has 0 atom stereocenters. The standard InChI is InChI=1S/C28H18N4/c29-17-23-5-1-21(2-6-23)9-13-27-15-11-25(19-31-27)26-12-16-28(32-20-26)14-10-22-3-7-24(18-30)8-4-22/h1-16,19-20H/b13-9+,14-10+. The molecule has 0 bridgehead atoms. The van der Waals surface area contributed by atoms with Crippen molar-refractivity contribution in [3.05, 3.63) is 119 Å². The van der Waals surface area contributed by atoms with Crippen LogP contribution in [0, 0.1) is 22.7 Å². The molecule has 0 amide bonds. The minimum Gasteiger partial charge on any atom is -0.256 e. The fourth-order valence-electron chi connectivity index (χ4n) is 3.05. The lowest BCUT2D eigenvalue weighted by Crippen LogP contribution is -1.86. The normalized spacial score (nSPS) is 10.8. The Balaban J connectivity index is 1.41. The smallest absolute Gasteiger partial charge is 0.0991 e. The molecule has 0 aliphatic rings. The van der Waals surface area contributed by atoms with Crippen LogP contribution in [0.5, 0.6) is 0 Å². The fraction of sp³-hybridized carbons (Fsp3) is 0. The largest absolute Gasteiger partial charge is 0.256 e. The van der Waals surface area contributed by atoms with Crippen molar-refractivity contribution in [2.24, 2.45) is 0 Å². The number of nitrogens with zero attached hydrogens (tertiary/aromatic N) is 4. The van der Waals surface area contributed by atoms with E-state index in [9.17, 15) is 0 Å². The van der Waals surface area contributed by atoms with Crippen molar-refractivity contribution in [1.82, 2.24) is 9.97 Å². The number of nitriles is 2. The molecule has 0 aliphatic heterocycles. The van der Waals surface area contributed by atoms with Gasteiger partial charge in [0.2, 0.25) is 0 Å². The molecule has 32 heavy (non-hydrogen) atoms. The molecule has 4 aromatic rings. The van der Waals surface area contributed by atoms with E-state index in [4.69, 9.17) is 10.5 Å². The molecule has 0 spiro atoms. The molecule has 0 unspecified atom stereocenters. The highest BCUT2D eigenvalue weighted by Gasteiger charge is 2.00. The Kier molecular flexibility index (Phi) is 6.27. The Morgan fingerprint density at radius 2 is 0.906 bits per heavy atom. The lowest BCUT2D eigenvalue weighted by atomic mass is 10.1. The van der Waals surface area contributed by atoms with E-state index in [1.54, 1.807) is 24.3 Å². The molecule has 4 heteroatoms. The van der Waals surface area contributed by atoms with Gasteiger partial charge in [-0.15, -0.1) is 0 Å². The van der Waals surface area contributed by atoms with Gasteiger partial charge in [-0.25, -0.2) is 0 Å². The van der Waals surface area contributed by atoms with Crippen LogP contribution in [0.3, 0.4) is 0 Å². The van der Waals surface area contributed by atoms with Crippen LogP contribution in [0.25, 0.3) is 35.4 Å². The summed E-state index contributed by atoms with van der Waals surface area (Å²) in [4.78, 5) is 9.03. The van der Waals surface area contributed by atoms with Crippen LogP contribution >= 0.6 is 0 Å². The van der Waals surface area contributed by atoms with Gasteiger partial charge in [-0.2, -0.15) is 10.5 Å². The number of pyridine rings is 2. The van der Waals surface area contributed by atoms with Gasteiger partial charge in [0.05, 0.1) is 34.7 Å². The Labute approximate surface area is 187 Å². The monoisotopic (exact) mass is 410 g/mol. The van der Waals surface area contributed by atoms with E-state index in [1.807, 2.05) is 85.2 Å². The molecular formula is C28H18N4. The minimum atomic E-state index is 0.647. The lowest BCUT2D eigenvalue weighted by Gasteiger charge is -2.02. The van der Waals surface area contributed by atoms with Crippen molar-refractivity contribution >= 4 is 24.3 Å². The van der Waals surface area contributed by atoms with E-state index in [-0.39, 0.29) is 0 Å². The third kappa shape index (κ3) is 5.21. The predicted octanol–water partition coefficient (Wildman–Crippen LogP) is 6.23. The maximum absolute atomic E-state index is 8.87. The van der Waals surface area contributed by atoms with E-state index in [0.29, 0.717) is 11.1 Å². The van der Waals surface area contributed by atoms with Crippen LogP contribution in [0.15, 0.2) is 85.2 Å². The second-order valence-electron chi connectivity index (χ2n) is 7.08. The zero-order chi connectivity index (χ0) is 22.2. The first kappa shape index (κ1) is 20.5. The molecule has 2 aromatic heterocycles. The van der Waals surface area contributed by atoms with Crippen molar-refractivity contribution in [1.29, 1.82) is 10.5 Å². The molecule has 0 radical (unpaired) electrons. The maximum Gasteiger partial charge on any atom is 0.0991 e. The van der Waals surface area contributed by atoms with Crippen molar-refractivity contribution in [2.45, 2.75) is 0 Å². The van der Waals surface area contributed by atoms with Gasteiger partial charge < -0.3 is 0 Å². The summed E-state index contributed by atoms with van der Waals surface area (Å²) in [6, 6.07) is 27.0. The average Bonchev–Trinajstić information content (AvgIpc) is 2.87. The third-order valence-corrected chi connectivity index (χ3v) is 4.88. The van der Waals surface area contributed by atoms with Gasteiger partial charge in [0.25, 0.3) is 0 Å². The van der Waals surface area contributed by atoms with Crippen molar-refractivity contribution < 1.29 is 0 Å². The fourth-order valence-corrected chi connectivity index (χ4v) is 3.05. The number of hydrogen-bond acceptors (Lipinski definition) is 4. The summed E-state index contributed by atoms with van der Waals surface area (Å²) >= 11 is 0. The van der Waals surface area contributed by atoms with Crippen LogP contribution in [-0.4, -0.2) is 9.97 Å². The van der Waals surface area contributed by atoms with E-state index < -0.39 is 0 Å². The van der Waals surface area contributed by atoms with Gasteiger partial charge in [0, 0.05) is 23.5 Å². The summed E-state index contributed by atoms with van der Waals surface area (Å²) in [7, 11) is 0. The molecule has 0 aliphatic carbocycles. The summed E-state index contributed by atoms with van der Waals surface area (Å²) in [5.41, 5.74) is 7.03. The number of hydrogen-bond donors (Lipinski definition) is 0. The molecule has 0 saturated heterocycles. The predicted molar refractivity (Wildman–Crippen MR) is 128 cm³/mol. The third-order valence-electron chi connectivity index (χ3n) is 4.88. The number of benzene rings is 2. The van der Waals surface area contributed by atoms with Crippen molar-refractivity contribution in [2.75, 3.05) is 0 Å². The van der Waals surface area contributed by atoms with E-state index in [2.05, 4.69) is 22.1 Å². The zero-order valence-electron chi connectivity index (χ0n) is 17.2. The second kappa shape index (κ2) is 9.80. The highest BCUT2D eigenvalue weighted by molar-refractivity contribution is 5.71. The second-order valence-corrected chi connectivity index (χ2v) is 7.08. The lowest BCUT2D eigenvalue weighted by molar-refractivity contribution is 1.27. The molecule has 150 valence electrons. The highest BCUT2D eigenvalue weighted by atomic mass is 14.7. The first-order chi connectivity index (χ1) is 15.7. The van der Waals surface area contributed by atoms with Crippen molar-refractivity contribution in [3.8, 4) is 23.3 Å². The van der Waals surface area contributed by atoms with E-state index in [1.165, 1.54) is 0 Å². The molecule has 4 rings (SSSR count). The summed E-state index contributed by atoms with van der Waals surface area (Å²) in [6.45, 7) is 0. The first-order valence-corrected chi connectivity index (χ1v) is 10.0. The molecule has 0 fully saturated rings. The summed E-state index contributed by atoms with van der Waals surface area (Å²) < 4.78 is 0. The highest BCUT2D eigenvalue weighted by Crippen LogP contribution is 2.19. The number of rotatable bonds is 5. The zero-order valence-corrected chi connectivity index (χ0v) is 17.2. The first-order valence-electron chi connectivity index (χ1n) is 10.0. The minimum absolute atomic E-state index is 0.647. The van der Waals surface area contributed by atoms with E-state index >= 15 is 0 Å². The Morgan fingerprint density at radius 1 is 0.500 bits per heavy atom. The molecule has 2 aromatic carbocycles. The van der Waals surface area contributed by atoms with Gasteiger partial charge in [-0.1, -0.05) is 48.6 Å². The van der Waals surface area contributed by atoms with Gasteiger partial charge in [0.15, 0.2) is 0 Å². The van der Waals surface area contributed by atoms with Crippen LogP contribution in [-0.2, 0) is 0 Å². The average molecular weight is 410 g/mol. The van der Waals surface area contributed by atoms with Crippen molar-refractivity contribution in [3.63, 3.8) is 0 Å². The Hall–Kier alpha value is -4.80. The van der Waals surface area contributed by atoms with Gasteiger partial charge in [0.1, 0.15) is 0 Å². The van der Waals surface area contributed by atoms with Crippen LogP contribution < -0.4 is 0 Å². The van der Waals surface area contributed by atoms with Crippen LogP contribution in [0.1, 0.15) is 33.6 Å². The molecule has 4 nitrogen and oxygen atoms in total. The quantitative estimate of drug-likeness (QED) is 0.391. The summed E-state index contributed by atoms with van der Waals surface area (Å²) in [6.07, 6.45) is 11.5. The van der Waals surface area contributed by atoms with Crippen LogP contribution in [0.4, 0.5) is 0 Å². The van der Waals surface area contributed by atoms with Crippen LogP contribution in [0.2, 0.25) is 0 Å². The molecular weight excluding hydrogens is 392 g/mol. The van der Waals surface area contributed by atoms with Gasteiger partial charge >= 0.3 is 0 Å². The SMILES string of the molecule is N#Cc1ccc(/C=C/c2ccc(-c3ccc(/C=C/c4ccc(C#N)cc4)nc3)cn2)cc1. The summed E-state index contributed by atoms with van der Waals surface area (Å²) in [5.74, 6) is 0.